The molecule has 0 spiro atoms. The molecule has 0 aliphatic rings. The molecule has 0 atom stereocenters. The molecule has 0 rings (SSSR count). The summed E-state index contributed by atoms with van der Waals surface area (Å²) < 4.78 is 40.0. The van der Waals surface area contributed by atoms with E-state index in [1.54, 1.807) is 6.08 Å². The van der Waals surface area contributed by atoms with Gasteiger partial charge in [-0.1, -0.05) is 6.08 Å². The first-order valence-corrected chi connectivity index (χ1v) is 3.88. The third-order valence-electron chi connectivity index (χ3n) is 0.421. The van der Waals surface area contributed by atoms with Gasteiger partial charge in [-0.15, -0.1) is 6.58 Å². The van der Waals surface area contributed by atoms with E-state index in [0.717, 1.165) is 0 Å². The van der Waals surface area contributed by atoms with E-state index in [4.69, 9.17) is 22.2 Å². The van der Waals surface area contributed by atoms with Crippen LogP contribution in [0.2, 0.25) is 0 Å². The smallest absolute Gasteiger partial charge is 0.331 e. The lowest BCUT2D eigenvalue weighted by atomic mass is 10.7. The summed E-state index contributed by atoms with van der Waals surface area (Å²) in [7, 11) is 1.40. The second-order valence-electron chi connectivity index (χ2n) is 1.56. The Morgan fingerprint density at radius 2 is 1.67 bits per heavy atom. The molecular weight excluding hydrogens is 252 g/mol. The highest BCUT2D eigenvalue weighted by molar-refractivity contribution is 5.67. The van der Waals surface area contributed by atoms with Crippen LogP contribution in [0, 0.1) is 0 Å². The van der Waals surface area contributed by atoms with E-state index in [0.29, 0.717) is 6.61 Å². The molecule has 0 aromatic carbocycles. The van der Waals surface area contributed by atoms with Crippen molar-refractivity contribution in [3.05, 3.63) is 12.7 Å². The number of carbonyl (C=O) groups is 1. The summed E-state index contributed by atoms with van der Waals surface area (Å²) in [5.41, 5.74) is 0. The minimum Gasteiger partial charge on any atom is -0.479 e. The highest BCUT2D eigenvalue weighted by Gasteiger charge is 1.88. The van der Waals surface area contributed by atoms with Crippen LogP contribution < -0.4 is 35.3 Å². The molecule has 0 saturated heterocycles. The van der Waals surface area contributed by atoms with Crippen molar-refractivity contribution in [1.82, 2.24) is 0 Å². The van der Waals surface area contributed by atoms with E-state index < -0.39 is 12.6 Å². The van der Waals surface area contributed by atoms with E-state index in [1.165, 1.54) is 7.11 Å². The summed E-state index contributed by atoms with van der Waals surface area (Å²) in [5, 5.41) is 14.2. The fraction of sp³-hybridized carbons (Fsp3) is 0.500. The van der Waals surface area contributed by atoms with Gasteiger partial charge in [-0.25, -0.2) is 28.4 Å². The van der Waals surface area contributed by atoms with Crippen LogP contribution in [0.3, 0.4) is 0 Å². The standard InChI is InChI=1S/C3H7NO.C2H5NO3.CH5NO.H4N2.H3NO.7H2/c1-2-3-5-4;3-6-1-2(4)5;1-3-2;2*1-2;;;;;;;/h2H,1,3-4H2;1,3H2,(H,4,5);2H2,1H3;1-2H2;2H,1H2;7*1H/i;;;;;4*1+1D;3*1+1. The molecule has 0 heterocycles. The Hall–Kier alpha value is -1.19. The first kappa shape index (κ1) is 16.8. The number of rotatable bonds is 4. The van der Waals surface area contributed by atoms with Gasteiger partial charge in [0.2, 0.25) is 0 Å². The molecule has 0 unspecified atom stereocenters. The van der Waals surface area contributed by atoms with Gasteiger partial charge in [0.15, 0.2) is 6.61 Å². The fourth-order valence-electron chi connectivity index (χ4n) is 0.139. The largest absolute Gasteiger partial charge is 0.479 e. The monoisotopic (exact) mass is 301 g/mol. The van der Waals surface area contributed by atoms with Gasteiger partial charge in [0, 0.05) is 16.2 Å². The van der Waals surface area contributed by atoms with Crippen molar-refractivity contribution in [2.75, 3.05) is 20.3 Å². The second-order valence-corrected chi connectivity index (χ2v) is 1.56. The highest BCUT2D eigenvalue weighted by Crippen LogP contribution is 1.58. The minimum atomic E-state index is -1.06. The zero-order chi connectivity index (χ0) is 23.8. The third kappa shape index (κ3) is 195. The number of nitrogens with two attached hydrogens (primary N) is 6. The summed E-state index contributed by atoms with van der Waals surface area (Å²) in [6.07, 6.45) is 1.58. The predicted molar refractivity (Wildman–Crippen MR) is 78.5 cm³/mol. The molecule has 0 amide bonds. The summed E-state index contributed by atoms with van der Waals surface area (Å²) >= 11 is 0. The number of hydrogen-bond donors (Lipinski definition) is 8. The molecule has 12 nitrogen and oxygen atoms in total. The van der Waals surface area contributed by atoms with Gasteiger partial charge in [0.05, 0.1) is 13.7 Å². The average Bonchev–Trinajstić information content (AvgIpc) is 2.73. The Bertz CT molecular complexity index is 157. The molecule has 128 valence electrons. The average molecular weight is 301 g/mol. The van der Waals surface area contributed by atoms with E-state index >= 15 is 0 Å². The molecule has 0 bridgehead atoms. The van der Waals surface area contributed by atoms with Crippen molar-refractivity contribution in [3.63, 3.8) is 0 Å². The maximum atomic E-state index is 9.39. The quantitative estimate of drug-likeness (QED) is 0.166. The van der Waals surface area contributed by atoms with Gasteiger partial charge < -0.3 is 20.0 Å². The Balaban J connectivity index is -0.0000000116. The van der Waals surface area contributed by atoms with Crippen LogP contribution in [-0.4, -0.2) is 36.6 Å². The minimum absolute atomic E-state index is 0. The maximum Gasteiger partial charge on any atom is 0.331 e. The van der Waals surface area contributed by atoms with Gasteiger partial charge in [0.1, 0.15) is 0 Å². The van der Waals surface area contributed by atoms with Gasteiger partial charge in [0.25, 0.3) is 0 Å². The van der Waals surface area contributed by atoms with Crippen molar-refractivity contribution in [3.8, 4) is 0 Å². The predicted octanol–water partition coefficient (Wildman–Crippen LogP) is -1.59. The molecule has 12 heteroatoms. The summed E-state index contributed by atoms with van der Waals surface area (Å²) in [4.78, 5) is 20.9. The molecule has 0 aliphatic heterocycles. The van der Waals surface area contributed by atoms with Crippen LogP contribution in [0.4, 0.5) is 0 Å². The zero-order valence-electron chi connectivity index (χ0n) is 18.2. The van der Waals surface area contributed by atoms with E-state index in [-0.39, 0.29) is 4.28 Å². The lowest BCUT2D eigenvalue weighted by Crippen LogP contribution is -2.10. The molecule has 0 saturated carbocycles. The maximum absolute atomic E-state index is 9.39. The first-order chi connectivity index (χ1) is 12.6. The number of hydrogen-bond acceptors (Lipinski definition) is 11. The van der Waals surface area contributed by atoms with Crippen molar-refractivity contribution in [1.29, 1.82) is 0 Å². The molecular formula is C6H38N6O6. The fourth-order valence-corrected chi connectivity index (χ4v) is 0.139. The normalized spacial score (nSPS) is 8.22. The van der Waals surface area contributed by atoms with Crippen molar-refractivity contribution >= 4 is 5.97 Å². The highest BCUT2D eigenvalue weighted by atomic mass is 16.6. The van der Waals surface area contributed by atoms with Crippen LogP contribution in [0.15, 0.2) is 12.7 Å². The zero-order valence-corrected chi connectivity index (χ0v) is 10.2. The van der Waals surface area contributed by atoms with Crippen LogP contribution >= 0.6 is 0 Å². The van der Waals surface area contributed by atoms with E-state index in [1.807, 2.05) is 0 Å². The van der Waals surface area contributed by atoms with Gasteiger partial charge in [-0.05, 0) is 0 Å². The van der Waals surface area contributed by atoms with E-state index in [9.17, 15) is 4.79 Å². The summed E-state index contributed by atoms with van der Waals surface area (Å²) in [5.74, 6) is 23.7. The van der Waals surface area contributed by atoms with E-state index in [2.05, 4.69) is 56.4 Å². The number of carboxylic acids is 1. The molecule has 18 heavy (non-hydrogen) atoms. The van der Waals surface area contributed by atoms with Gasteiger partial charge >= 0.3 is 5.97 Å². The van der Waals surface area contributed by atoms with Crippen LogP contribution in [0.25, 0.3) is 0 Å². The Morgan fingerprint density at radius 1 is 1.33 bits per heavy atom. The number of hydrazine groups is 1. The van der Waals surface area contributed by atoms with Crippen LogP contribution in [0.5, 0.6) is 0 Å². The number of aliphatic carboxylic acids is 1. The first-order valence-electron chi connectivity index (χ1n) is 7.88. The third-order valence-corrected chi connectivity index (χ3v) is 0.421. The topological polar surface area (TPSA) is 241 Å². The van der Waals surface area contributed by atoms with Crippen LogP contribution in [-0.2, 0) is 19.3 Å². The SMILES string of the molecule is C=CCON.CON.NN.NO.NOCC(=O)O.[2HH].[2HH].[2HH].[2H][2H].[2H][2H].[2H][2H].[2H][2H]. The lowest BCUT2D eigenvalue weighted by molar-refractivity contribution is -0.142. The lowest BCUT2D eigenvalue weighted by Gasteiger charge is -1.83. The van der Waals surface area contributed by atoms with Crippen molar-refractivity contribution in [2.45, 2.75) is 0 Å². The van der Waals surface area contributed by atoms with Gasteiger partial charge in [-0.3, -0.25) is 16.5 Å². The Kier molecular flexibility index (Phi) is 53.1. The number of carboxylic acid groups (broad SMARTS) is 1. The molecule has 14 N–H and O–H groups in total. The van der Waals surface area contributed by atoms with Crippen molar-refractivity contribution < 1.29 is 45.8 Å². The van der Waals surface area contributed by atoms with Crippen molar-refractivity contribution in [2.24, 2.45) is 35.3 Å². The summed E-state index contributed by atoms with van der Waals surface area (Å²) in [6.45, 7) is 3.35. The Labute approximate surface area is 122 Å². The molecule has 0 aromatic heterocycles. The molecule has 0 aromatic rings. The second kappa shape index (κ2) is 56.9. The molecule has 0 fully saturated rings. The van der Waals surface area contributed by atoms with Gasteiger partial charge in [-0.2, -0.15) is 0 Å². The molecule has 0 aliphatic carbocycles. The Morgan fingerprint density at radius 3 is 1.67 bits per heavy atom. The van der Waals surface area contributed by atoms with Crippen LogP contribution in [0.1, 0.15) is 16.2 Å². The summed E-state index contributed by atoms with van der Waals surface area (Å²) in [6, 6.07) is 0. The molecule has 0 radical (unpaired) electrons.